The van der Waals surface area contributed by atoms with Gasteiger partial charge < -0.3 is 5.73 Å². The number of nitrogens with zero attached hydrogens (tertiary/aromatic N) is 1. The molecule has 6 heteroatoms. The number of nitrogens with one attached hydrogen (secondary N) is 1. The molecule has 19 heavy (non-hydrogen) atoms. The summed E-state index contributed by atoms with van der Waals surface area (Å²) in [4.78, 5) is 0. The van der Waals surface area contributed by atoms with Crippen molar-refractivity contribution in [1.82, 2.24) is 5.43 Å². The van der Waals surface area contributed by atoms with E-state index in [1.165, 1.54) is 24.4 Å². The van der Waals surface area contributed by atoms with E-state index in [9.17, 15) is 13.2 Å². The van der Waals surface area contributed by atoms with Gasteiger partial charge in [0.2, 0.25) is 0 Å². The Morgan fingerprint density at radius 1 is 1.21 bits per heavy atom. The summed E-state index contributed by atoms with van der Waals surface area (Å²) in [7, 11) is 0. The molecule has 1 unspecified atom stereocenters. The normalized spacial score (nSPS) is 22.3. The molecule has 3 N–H and O–H groups in total. The summed E-state index contributed by atoms with van der Waals surface area (Å²) in [6.07, 6.45) is -0.195. The lowest BCUT2D eigenvalue weighted by Gasteiger charge is -2.34. The first-order valence-corrected chi connectivity index (χ1v) is 5.84. The number of nitrogens with two attached hydrogens (primary N) is 1. The number of alkyl halides is 3. The van der Waals surface area contributed by atoms with Gasteiger partial charge in [0.15, 0.2) is 5.54 Å². The fourth-order valence-corrected chi connectivity index (χ4v) is 1.99. The van der Waals surface area contributed by atoms with E-state index < -0.39 is 11.7 Å². The van der Waals surface area contributed by atoms with Crippen LogP contribution in [-0.4, -0.2) is 18.9 Å². The molecular formula is C13H14F3N3. The molecule has 1 heterocycles. The maximum absolute atomic E-state index is 13.3. The second kappa shape index (κ2) is 5.05. The van der Waals surface area contributed by atoms with E-state index in [1.807, 2.05) is 0 Å². The predicted octanol–water partition coefficient (Wildman–Crippen LogP) is 2.09. The highest BCUT2D eigenvalue weighted by Gasteiger charge is 2.55. The Kier molecular flexibility index (Phi) is 3.61. The molecule has 0 spiro atoms. The average molecular weight is 269 g/mol. The van der Waals surface area contributed by atoms with Crippen LogP contribution in [0.3, 0.4) is 0 Å². The van der Waals surface area contributed by atoms with Crippen LogP contribution in [0.2, 0.25) is 0 Å². The van der Waals surface area contributed by atoms with Crippen molar-refractivity contribution in [1.29, 1.82) is 0 Å². The van der Waals surface area contributed by atoms with Crippen LogP contribution >= 0.6 is 0 Å². The molecule has 1 aromatic carbocycles. The Bertz CT molecular complexity index is 491. The molecule has 0 radical (unpaired) electrons. The Morgan fingerprint density at radius 3 is 2.37 bits per heavy atom. The van der Waals surface area contributed by atoms with Gasteiger partial charge in [-0.1, -0.05) is 24.3 Å². The predicted molar refractivity (Wildman–Crippen MR) is 67.7 cm³/mol. The van der Waals surface area contributed by atoms with Gasteiger partial charge in [0.05, 0.1) is 0 Å². The van der Waals surface area contributed by atoms with E-state index in [0.717, 1.165) is 11.6 Å². The molecule has 3 nitrogen and oxygen atoms in total. The molecular weight excluding hydrogens is 255 g/mol. The number of rotatable bonds is 3. The molecule has 1 aliphatic rings. The van der Waals surface area contributed by atoms with Gasteiger partial charge in [0.25, 0.3) is 0 Å². The maximum Gasteiger partial charge on any atom is 0.420 e. The van der Waals surface area contributed by atoms with Gasteiger partial charge in [-0.15, -0.1) is 0 Å². The van der Waals surface area contributed by atoms with Crippen LogP contribution in [0.5, 0.6) is 0 Å². The molecule has 0 fully saturated rings. The number of hydrogen-bond acceptors (Lipinski definition) is 3. The van der Waals surface area contributed by atoms with Gasteiger partial charge in [-0.3, -0.25) is 5.43 Å². The second-order valence-electron chi connectivity index (χ2n) is 4.29. The Balaban J connectivity index is 2.40. The zero-order chi connectivity index (χ0) is 13.9. The lowest BCUT2D eigenvalue weighted by molar-refractivity contribution is -0.185. The third-order valence-corrected chi connectivity index (χ3v) is 3.04. The van der Waals surface area contributed by atoms with Gasteiger partial charge in [0, 0.05) is 6.21 Å². The lowest BCUT2D eigenvalue weighted by atomic mass is 9.88. The molecule has 2 rings (SSSR count). The quantitative estimate of drug-likeness (QED) is 0.882. The molecule has 0 bridgehead atoms. The SMILES string of the molecule is NCCc1ccc(C2(C(F)(F)F)C=CC=NN2)cc1. The third kappa shape index (κ3) is 2.49. The summed E-state index contributed by atoms with van der Waals surface area (Å²) in [5, 5.41) is 3.53. The molecule has 0 saturated heterocycles. The van der Waals surface area contributed by atoms with Crippen LogP contribution in [-0.2, 0) is 12.0 Å². The van der Waals surface area contributed by atoms with Crippen molar-refractivity contribution in [2.75, 3.05) is 6.54 Å². The van der Waals surface area contributed by atoms with E-state index in [2.05, 4.69) is 10.5 Å². The lowest BCUT2D eigenvalue weighted by Crippen LogP contribution is -2.51. The van der Waals surface area contributed by atoms with Gasteiger partial charge in [0.1, 0.15) is 0 Å². The molecule has 0 amide bonds. The molecule has 0 aromatic heterocycles. The van der Waals surface area contributed by atoms with Crippen LogP contribution in [0, 0.1) is 0 Å². The summed E-state index contributed by atoms with van der Waals surface area (Å²) in [6.45, 7) is 0.464. The van der Waals surface area contributed by atoms with Crippen molar-refractivity contribution in [3.05, 3.63) is 47.5 Å². The minimum Gasteiger partial charge on any atom is -0.330 e. The van der Waals surface area contributed by atoms with Crippen LogP contribution in [0.25, 0.3) is 0 Å². The number of benzene rings is 1. The van der Waals surface area contributed by atoms with Crippen molar-refractivity contribution in [2.45, 2.75) is 18.1 Å². The van der Waals surface area contributed by atoms with Crippen molar-refractivity contribution in [2.24, 2.45) is 10.8 Å². The highest BCUT2D eigenvalue weighted by atomic mass is 19.4. The minimum atomic E-state index is -4.48. The van der Waals surface area contributed by atoms with E-state index >= 15 is 0 Å². The average Bonchev–Trinajstić information content (AvgIpc) is 2.39. The molecule has 1 aliphatic heterocycles. The monoisotopic (exact) mass is 269 g/mol. The van der Waals surface area contributed by atoms with E-state index in [-0.39, 0.29) is 5.56 Å². The van der Waals surface area contributed by atoms with E-state index in [4.69, 9.17) is 5.73 Å². The highest BCUT2D eigenvalue weighted by Crippen LogP contribution is 2.41. The smallest absolute Gasteiger partial charge is 0.330 e. The summed E-state index contributed by atoms with van der Waals surface area (Å²) in [5.74, 6) is 0. The third-order valence-electron chi connectivity index (χ3n) is 3.04. The van der Waals surface area contributed by atoms with Crippen molar-refractivity contribution in [3.63, 3.8) is 0 Å². The van der Waals surface area contributed by atoms with Gasteiger partial charge in [-0.25, -0.2) is 0 Å². The topological polar surface area (TPSA) is 50.4 Å². The van der Waals surface area contributed by atoms with Crippen molar-refractivity contribution < 1.29 is 13.2 Å². The van der Waals surface area contributed by atoms with Crippen LogP contribution in [0.1, 0.15) is 11.1 Å². The number of halogens is 3. The second-order valence-corrected chi connectivity index (χ2v) is 4.29. The standard InChI is InChI=1S/C13H14F3N3/c14-13(15,16)12(7-1-9-18-19-12)11-4-2-10(3-5-11)6-8-17/h1-5,7,9,19H,6,8,17H2. The summed E-state index contributed by atoms with van der Waals surface area (Å²) in [5.41, 5.74) is 6.34. The largest absolute Gasteiger partial charge is 0.420 e. The number of allylic oxidation sites excluding steroid dienone is 1. The van der Waals surface area contributed by atoms with Crippen LogP contribution in [0.4, 0.5) is 13.2 Å². The molecule has 1 atom stereocenters. The zero-order valence-corrected chi connectivity index (χ0v) is 10.1. The van der Waals surface area contributed by atoms with Crippen LogP contribution in [0.15, 0.2) is 41.5 Å². The first-order chi connectivity index (χ1) is 8.99. The molecule has 0 saturated carbocycles. The fraction of sp³-hybridized carbons (Fsp3) is 0.308. The summed E-state index contributed by atoms with van der Waals surface area (Å²) >= 11 is 0. The molecule has 102 valence electrons. The van der Waals surface area contributed by atoms with E-state index in [0.29, 0.717) is 13.0 Å². The highest BCUT2D eigenvalue weighted by molar-refractivity contribution is 5.72. The first-order valence-electron chi connectivity index (χ1n) is 5.84. The maximum atomic E-state index is 13.3. The van der Waals surface area contributed by atoms with Gasteiger partial charge in [-0.05, 0) is 36.2 Å². The Labute approximate surface area is 109 Å². The molecule has 1 aromatic rings. The van der Waals surface area contributed by atoms with Gasteiger partial charge >= 0.3 is 6.18 Å². The zero-order valence-electron chi connectivity index (χ0n) is 10.1. The number of hydrazone groups is 1. The summed E-state index contributed by atoms with van der Waals surface area (Å²) in [6, 6.07) is 6.22. The first kappa shape index (κ1) is 13.6. The fourth-order valence-electron chi connectivity index (χ4n) is 1.99. The van der Waals surface area contributed by atoms with Crippen molar-refractivity contribution >= 4 is 6.21 Å². The Hall–Kier alpha value is -1.82. The summed E-state index contributed by atoms with van der Waals surface area (Å²) < 4.78 is 40.0. The minimum absolute atomic E-state index is 0.105. The Morgan fingerprint density at radius 2 is 1.89 bits per heavy atom. The number of hydrogen-bond donors (Lipinski definition) is 2. The van der Waals surface area contributed by atoms with Crippen molar-refractivity contribution in [3.8, 4) is 0 Å². The van der Waals surface area contributed by atoms with E-state index in [1.54, 1.807) is 12.1 Å². The van der Waals surface area contributed by atoms with Crippen LogP contribution < -0.4 is 11.2 Å². The van der Waals surface area contributed by atoms with Gasteiger partial charge in [-0.2, -0.15) is 18.3 Å². The molecule has 0 aliphatic carbocycles.